The quantitative estimate of drug-likeness (QED) is 0.430. The molecule has 228 valence electrons. The van der Waals surface area contributed by atoms with Crippen molar-refractivity contribution in [2.75, 3.05) is 31.6 Å². The zero-order chi connectivity index (χ0) is 29.9. The number of nitrogens with zero attached hydrogens (tertiary/aromatic N) is 2. The van der Waals surface area contributed by atoms with Gasteiger partial charge in [0.1, 0.15) is 6.04 Å². The van der Waals surface area contributed by atoms with Crippen molar-refractivity contribution in [3.05, 3.63) is 65.2 Å². The number of hydrogen-bond acceptors (Lipinski definition) is 7. The Labute approximate surface area is 242 Å². The molecule has 12 heteroatoms. The number of anilines is 1. The van der Waals surface area contributed by atoms with Crippen molar-refractivity contribution in [3.63, 3.8) is 0 Å². The zero-order valence-electron chi connectivity index (χ0n) is 23.1. The molecule has 0 bridgehead atoms. The minimum Gasteiger partial charge on any atom is -0.395 e. The molecule has 5 atom stereocenters. The molecule has 5 rings (SSSR count). The Morgan fingerprint density at radius 2 is 1.62 bits per heavy atom. The molecule has 3 aliphatic rings. The van der Waals surface area contributed by atoms with Gasteiger partial charge < -0.3 is 29.9 Å². The molecule has 42 heavy (non-hydrogen) atoms. The Morgan fingerprint density at radius 3 is 2.29 bits per heavy atom. The van der Waals surface area contributed by atoms with E-state index in [2.05, 4.69) is 10.2 Å². The zero-order valence-corrected chi connectivity index (χ0v) is 23.1. The van der Waals surface area contributed by atoms with Crippen molar-refractivity contribution in [1.29, 1.82) is 0 Å². The molecule has 0 aromatic heterocycles. The average Bonchev–Trinajstić information content (AvgIpc) is 3.66. The Kier molecular flexibility index (Phi) is 9.48. The topological polar surface area (TPSA) is 112 Å². The second-order valence-corrected chi connectivity index (χ2v) is 11.1. The van der Waals surface area contributed by atoms with Crippen LogP contribution in [0.5, 0.6) is 0 Å². The Balaban J connectivity index is 1.28. The number of likely N-dealkylation sites (tertiary alicyclic amines) is 2. The lowest BCUT2D eigenvalue weighted by Crippen LogP contribution is -2.48. The third-order valence-electron chi connectivity index (χ3n) is 8.27. The maximum atomic E-state index is 13.0. The highest BCUT2D eigenvalue weighted by Crippen LogP contribution is 2.39. The summed E-state index contributed by atoms with van der Waals surface area (Å²) in [5.74, 6) is -2.67. The number of halogens is 3. The fraction of sp³-hybridized carbons (Fsp3) is 0.533. The maximum Gasteiger partial charge on any atom is 0.471 e. The molecule has 0 saturated carbocycles. The Bertz CT molecular complexity index is 1230. The van der Waals surface area contributed by atoms with E-state index in [0.717, 1.165) is 30.5 Å². The van der Waals surface area contributed by atoms with Crippen LogP contribution in [0.2, 0.25) is 0 Å². The van der Waals surface area contributed by atoms with E-state index in [1.54, 1.807) is 24.3 Å². The van der Waals surface area contributed by atoms with Gasteiger partial charge in [0.05, 0.1) is 25.4 Å². The number of aliphatic hydroxyl groups excluding tert-OH is 2. The number of alkyl halides is 3. The van der Waals surface area contributed by atoms with E-state index in [1.165, 1.54) is 0 Å². The SMILES string of the molecule is O=C(Nc1ccc([C@H]2O[C@@H](CN3CCC[C@H]3CO)C[C@@H](c3ccc(CO)cc3)O2)cc1)[C@@H]1CCCN1C(=O)C(F)(F)F. The monoisotopic (exact) mass is 591 g/mol. The fourth-order valence-corrected chi connectivity index (χ4v) is 6.03. The second kappa shape index (κ2) is 13.1. The van der Waals surface area contributed by atoms with E-state index in [4.69, 9.17) is 9.47 Å². The summed E-state index contributed by atoms with van der Waals surface area (Å²) in [5, 5.41) is 21.8. The molecule has 3 heterocycles. The van der Waals surface area contributed by atoms with E-state index >= 15 is 0 Å². The summed E-state index contributed by atoms with van der Waals surface area (Å²) in [6, 6.07) is 13.2. The molecule has 9 nitrogen and oxygen atoms in total. The highest BCUT2D eigenvalue weighted by atomic mass is 19.4. The molecule has 0 spiro atoms. The molecule has 2 aromatic rings. The van der Waals surface area contributed by atoms with Crippen LogP contribution in [0.1, 0.15) is 61.2 Å². The number of hydrogen-bond donors (Lipinski definition) is 3. The van der Waals surface area contributed by atoms with Gasteiger partial charge in [0.2, 0.25) is 5.91 Å². The summed E-state index contributed by atoms with van der Waals surface area (Å²) in [5.41, 5.74) is 2.82. The van der Waals surface area contributed by atoms with Gasteiger partial charge >= 0.3 is 12.1 Å². The minimum absolute atomic E-state index is 0.0576. The van der Waals surface area contributed by atoms with Gasteiger partial charge in [0.15, 0.2) is 6.29 Å². The van der Waals surface area contributed by atoms with Crippen LogP contribution in [0.3, 0.4) is 0 Å². The highest BCUT2D eigenvalue weighted by molar-refractivity contribution is 5.98. The third kappa shape index (κ3) is 6.95. The van der Waals surface area contributed by atoms with Crippen molar-refractivity contribution in [1.82, 2.24) is 9.80 Å². The lowest BCUT2D eigenvalue weighted by atomic mass is 9.99. The van der Waals surface area contributed by atoms with Gasteiger partial charge in [-0.1, -0.05) is 36.4 Å². The van der Waals surface area contributed by atoms with Crippen LogP contribution in [0.15, 0.2) is 48.5 Å². The molecule has 0 unspecified atom stereocenters. The standard InChI is InChI=1S/C30H36F3N3O6/c31-30(32,33)29(40)36-14-2-4-25(36)27(39)34-22-11-9-21(10-12-22)28-41-24(16-35-13-1-3-23(35)18-38)15-26(42-28)20-7-5-19(17-37)6-8-20/h5-12,23-26,28,37-38H,1-4,13-18H2,(H,34,39)/t23-,24+,25-,26-,28-/m0/s1. The van der Waals surface area contributed by atoms with Crippen LogP contribution < -0.4 is 5.32 Å². The molecule has 3 N–H and O–H groups in total. The van der Waals surface area contributed by atoms with Gasteiger partial charge in [0.25, 0.3) is 0 Å². The van der Waals surface area contributed by atoms with Gasteiger partial charge in [-0.15, -0.1) is 0 Å². The molecule has 3 aliphatic heterocycles. The number of carbonyl (C=O) groups is 2. The summed E-state index contributed by atoms with van der Waals surface area (Å²) >= 11 is 0. The van der Waals surface area contributed by atoms with E-state index in [-0.39, 0.29) is 44.4 Å². The normalized spacial score (nSPS) is 26.9. The molecule has 3 saturated heterocycles. The third-order valence-corrected chi connectivity index (χ3v) is 8.27. The van der Waals surface area contributed by atoms with Crippen LogP contribution in [0, 0.1) is 0 Å². The number of ether oxygens (including phenoxy) is 2. The number of rotatable bonds is 8. The second-order valence-electron chi connectivity index (χ2n) is 11.1. The molecule has 2 amide bonds. The number of benzene rings is 2. The maximum absolute atomic E-state index is 13.0. The van der Waals surface area contributed by atoms with Crippen LogP contribution >= 0.6 is 0 Å². The van der Waals surface area contributed by atoms with Crippen LogP contribution in [-0.2, 0) is 25.7 Å². The first-order chi connectivity index (χ1) is 20.2. The predicted molar refractivity (Wildman–Crippen MR) is 146 cm³/mol. The number of amides is 2. The largest absolute Gasteiger partial charge is 0.471 e. The average molecular weight is 592 g/mol. The lowest BCUT2D eigenvalue weighted by molar-refractivity contribution is -0.253. The molecular weight excluding hydrogens is 555 g/mol. The van der Waals surface area contributed by atoms with Gasteiger partial charge in [-0.25, -0.2) is 0 Å². The van der Waals surface area contributed by atoms with Crippen molar-refractivity contribution in [3.8, 4) is 0 Å². The Hall–Kier alpha value is -3.03. The molecule has 2 aromatic carbocycles. The number of aliphatic hydroxyl groups is 2. The van der Waals surface area contributed by atoms with E-state index in [0.29, 0.717) is 35.5 Å². The van der Waals surface area contributed by atoms with Gasteiger partial charge in [-0.05, 0) is 55.5 Å². The van der Waals surface area contributed by atoms with Crippen molar-refractivity contribution in [2.24, 2.45) is 0 Å². The minimum atomic E-state index is -5.03. The number of nitrogens with one attached hydrogen (secondary N) is 1. The molecule has 0 aliphatic carbocycles. The first kappa shape index (κ1) is 30.4. The Morgan fingerprint density at radius 1 is 0.929 bits per heavy atom. The van der Waals surface area contributed by atoms with Crippen molar-refractivity contribution < 1.29 is 42.4 Å². The number of carbonyl (C=O) groups excluding carboxylic acids is 2. The summed E-state index contributed by atoms with van der Waals surface area (Å²) in [4.78, 5) is 27.4. The summed E-state index contributed by atoms with van der Waals surface area (Å²) in [6.45, 7) is 1.44. The van der Waals surface area contributed by atoms with Crippen molar-refractivity contribution in [2.45, 2.75) is 75.5 Å². The van der Waals surface area contributed by atoms with E-state index < -0.39 is 30.3 Å². The fourth-order valence-electron chi connectivity index (χ4n) is 6.03. The summed E-state index contributed by atoms with van der Waals surface area (Å²) in [7, 11) is 0. The van der Waals surface area contributed by atoms with Gasteiger partial charge in [-0.2, -0.15) is 13.2 Å². The lowest BCUT2D eigenvalue weighted by Gasteiger charge is -2.38. The molecule has 3 fully saturated rings. The summed E-state index contributed by atoms with van der Waals surface area (Å²) in [6.07, 6.45) is -3.19. The smallest absolute Gasteiger partial charge is 0.395 e. The predicted octanol–water partition coefficient (Wildman–Crippen LogP) is 3.67. The highest BCUT2D eigenvalue weighted by Gasteiger charge is 2.47. The van der Waals surface area contributed by atoms with Crippen molar-refractivity contribution >= 4 is 17.5 Å². The first-order valence-corrected chi connectivity index (χ1v) is 14.3. The summed E-state index contributed by atoms with van der Waals surface area (Å²) < 4.78 is 51.6. The van der Waals surface area contributed by atoms with Gasteiger partial charge in [0, 0.05) is 36.8 Å². The van der Waals surface area contributed by atoms with Crippen LogP contribution in [0.4, 0.5) is 18.9 Å². The molecular formula is C30H36F3N3O6. The first-order valence-electron chi connectivity index (χ1n) is 14.3. The van der Waals surface area contributed by atoms with E-state index in [9.17, 15) is 33.0 Å². The van der Waals surface area contributed by atoms with Gasteiger partial charge in [-0.3, -0.25) is 14.5 Å². The van der Waals surface area contributed by atoms with E-state index in [1.807, 2.05) is 24.3 Å². The van der Waals surface area contributed by atoms with Crippen LogP contribution in [0.25, 0.3) is 0 Å². The van der Waals surface area contributed by atoms with Crippen LogP contribution in [-0.4, -0.2) is 82.4 Å². The molecule has 0 radical (unpaired) electrons.